The molecule has 35 heavy (non-hydrogen) atoms. The van der Waals surface area contributed by atoms with Crippen LogP contribution in [0.15, 0.2) is 78.9 Å². The van der Waals surface area contributed by atoms with E-state index in [0.29, 0.717) is 42.9 Å². The highest BCUT2D eigenvalue weighted by Gasteiger charge is 2.26. The van der Waals surface area contributed by atoms with Gasteiger partial charge >= 0.3 is 0 Å². The summed E-state index contributed by atoms with van der Waals surface area (Å²) in [4.78, 5) is 53.2. The van der Waals surface area contributed by atoms with Crippen LogP contribution >= 0.6 is 0 Å². The van der Waals surface area contributed by atoms with Crippen LogP contribution in [-0.2, 0) is 4.79 Å². The Morgan fingerprint density at radius 3 is 1.86 bits per heavy atom. The quantitative estimate of drug-likeness (QED) is 0.562. The molecule has 7 nitrogen and oxygen atoms in total. The fraction of sp³-hybridized carbons (Fsp3) is 0.214. The Kier molecular flexibility index (Phi) is 7.35. The van der Waals surface area contributed by atoms with Crippen molar-refractivity contribution in [2.75, 3.05) is 32.7 Å². The van der Waals surface area contributed by atoms with Crippen molar-refractivity contribution in [1.29, 1.82) is 0 Å². The van der Waals surface area contributed by atoms with Crippen molar-refractivity contribution in [3.8, 4) is 11.1 Å². The van der Waals surface area contributed by atoms with Crippen LogP contribution in [-0.4, -0.2) is 66.0 Å². The average molecular weight is 470 g/mol. The summed E-state index contributed by atoms with van der Waals surface area (Å²) >= 11 is 0. The van der Waals surface area contributed by atoms with Gasteiger partial charge in [0, 0.05) is 37.3 Å². The molecule has 0 atom stereocenters. The van der Waals surface area contributed by atoms with Crippen LogP contribution in [0.4, 0.5) is 0 Å². The molecule has 1 heterocycles. The van der Waals surface area contributed by atoms with Gasteiger partial charge in [-0.25, -0.2) is 0 Å². The topological polar surface area (TPSA) is 86.8 Å². The maximum Gasteiger partial charge on any atom is 0.254 e. The van der Waals surface area contributed by atoms with Gasteiger partial charge in [-0.1, -0.05) is 60.7 Å². The zero-order valence-electron chi connectivity index (χ0n) is 19.6. The van der Waals surface area contributed by atoms with E-state index in [1.807, 2.05) is 42.5 Å². The number of benzene rings is 3. The van der Waals surface area contributed by atoms with E-state index in [1.54, 1.807) is 46.2 Å². The van der Waals surface area contributed by atoms with Crippen LogP contribution in [0.2, 0.25) is 0 Å². The average Bonchev–Trinajstić information content (AvgIpc) is 2.91. The van der Waals surface area contributed by atoms with Crippen LogP contribution in [0.3, 0.4) is 0 Å². The molecular formula is C28H27N3O4. The molecule has 4 rings (SSSR count). The summed E-state index contributed by atoms with van der Waals surface area (Å²) in [5.74, 6) is -0.883. The summed E-state index contributed by atoms with van der Waals surface area (Å²) in [7, 11) is 0. The minimum absolute atomic E-state index is 0.111. The van der Waals surface area contributed by atoms with E-state index in [9.17, 15) is 19.2 Å². The number of ketones is 1. The van der Waals surface area contributed by atoms with Crippen LogP contribution < -0.4 is 5.32 Å². The number of carbonyl (C=O) groups excluding carboxylic acids is 4. The fourth-order valence-corrected chi connectivity index (χ4v) is 4.12. The van der Waals surface area contributed by atoms with Crippen LogP contribution in [0.25, 0.3) is 11.1 Å². The highest BCUT2D eigenvalue weighted by atomic mass is 16.2. The number of nitrogens with one attached hydrogen (secondary N) is 1. The van der Waals surface area contributed by atoms with Gasteiger partial charge in [-0.05, 0) is 36.2 Å². The van der Waals surface area contributed by atoms with Crippen molar-refractivity contribution >= 4 is 23.5 Å². The summed E-state index contributed by atoms with van der Waals surface area (Å²) in [6, 6.07) is 23.9. The molecule has 0 saturated carbocycles. The SMILES string of the molecule is CC(=O)c1ccccc1C(=O)N1CCN(C(=O)CNC(=O)c2ccc(-c3ccccc3)cc2)CC1. The van der Waals surface area contributed by atoms with E-state index in [4.69, 9.17) is 0 Å². The van der Waals surface area contributed by atoms with Crippen molar-refractivity contribution in [3.63, 3.8) is 0 Å². The van der Waals surface area contributed by atoms with Gasteiger partial charge in [0.25, 0.3) is 11.8 Å². The first-order chi connectivity index (χ1) is 16.9. The second-order valence-corrected chi connectivity index (χ2v) is 8.40. The van der Waals surface area contributed by atoms with Crippen LogP contribution in [0.5, 0.6) is 0 Å². The zero-order valence-corrected chi connectivity index (χ0v) is 19.6. The van der Waals surface area contributed by atoms with Crippen molar-refractivity contribution < 1.29 is 19.2 Å². The van der Waals surface area contributed by atoms with Crippen LogP contribution in [0, 0.1) is 0 Å². The van der Waals surface area contributed by atoms with Gasteiger partial charge in [0.15, 0.2) is 5.78 Å². The lowest BCUT2D eigenvalue weighted by Crippen LogP contribution is -2.52. The monoisotopic (exact) mass is 469 g/mol. The molecule has 1 fully saturated rings. The Bertz CT molecular complexity index is 1230. The van der Waals surface area contributed by atoms with Gasteiger partial charge in [-0.15, -0.1) is 0 Å². The number of Topliss-reactive ketones (excluding diaryl/α,β-unsaturated/α-hetero) is 1. The molecule has 0 bridgehead atoms. The summed E-state index contributed by atoms with van der Waals surface area (Å²) in [5.41, 5.74) is 3.34. The summed E-state index contributed by atoms with van der Waals surface area (Å²) in [6.07, 6.45) is 0. The van der Waals surface area contributed by atoms with E-state index in [1.165, 1.54) is 6.92 Å². The van der Waals surface area contributed by atoms with Gasteiger partial charge < -0.3 is 15.1 Å². The third kappa shape index (κ3) is 5.63. The van der Waals surface area contributed by atoms with E-state index in [2.05, 4.69) is 5.32 Å². The molecular weight excluding hydrogens is 442 g/mol. The second kappa shape index (κ2) is 10.8. The third-order valence-electron chi connectivity index (χ3n) is 6.11. The zero-order chi connectivity index (χ0) is 24.8. The third-order valence-corrected chi connectivity index (χ3v) is 6.11. The predicted molar refractivity (Wildman–Crippen MR) is 133 cm³/mol. The number of hydrogen-bond donors (Lipinski definition) is 1. The normalized spacial score (nSPS) is 13.3. The minimum Gasteiger partial charge on any atom is -0.343 e. The lowest BCUT2D eigenvalue weighted by Gasteiger charge is -2.35. The van der Waals surface area contributed by atoms with Crippen molar-refractivity contribution in [2.24, 2.45) is 0 Å². The van der Waals surface area contributed by atoms with Gasteiger partial charge in [-0.3, -0.25) is 19.2 Å². The van der Waals surface area contributed by atoms with Crippen molar-refractivity contribution in [1.82, 2.24) is 15.1 Å². The predicted octanol–water partition coefficient (Wildman–Crippen LogP) is 3.27. The maximum atomic E-state index is 12.9. The standard InChI is InChI=1S/C28H27N3O4/c1-20(32)24-9-5-6-10-25(24)28(35)31-17-15-30(16-18-31)26(33)19-29-27(34)23-13-11-22(12-14-23)21-7-3-2-4-8-21/h2-14H,15-19H2,1H3,(H,29,34). The molecule has 3 aromatic carbocycles. The number of carbonyl (C=O) groups is 4. The largest absolute Gasteiger partial charge is 0.343 e. The highest BCUT2D eigenvalue weighted by Crippen LogP contribution is 2.19. The second-order valence-electron chi connectivity index (χ2n) is 8.40. The summed E-state index contributed by atoms with van der Waals surface area (Å²) in [5, 5.41) is 2.69. The van der Waals surface area contributed by atoms with Crippen molar-refractivity contribution in [2.45, 2.75) is 6.92 Å². The molecule has 3 amide bonds. The number of piperazine rings is 1. The smallest absolute Gasteiger partial charge is 0.254 e. The van der Waals surface area contributed by atoms with Gasteiger partial charge in [-0.2, -0.15) is 0 Å². The van der Waals surface area contributed by atoms with E-state index in [0.717, 1.165) is 11.1 Å². The Labute approximate surface area is 204 Å². The number of amides is 3. The molecule has 0 radical (unpaired) electrons. The highest BCUT2D eigenvalue weighted by molar-refractivity contribution is 6.07. The van der Waals surface area contributed by atoms with E-state index < -0.39 is 0 Å². The fourth-order valence-electron chi connectivity index (χ4n) is 4.12. The molecule has 0 aliphatic carbocycles. The molecule has 1 aliphatic rings. The number of nitrogens with zero attached hydrogens (tertiary/aromatic N) is 2. The Morgan fingerprint density at radius 1 is 0.686 bits per heavy atom. The number of rotatable bonds is 6. The molecule has 0 aromatic heterocycles. The molecule has 1 N–H and O–H groups in total. The molecule has 3 aromatic rings. The molecule has 178 valence electrons. The first kappa shape index (κ1) is 23.9. The van der Waals surface area contributed by atoms with Crippen molar-refractivity contribution in [3.05, 3.63) is 95.6 Å². The Morgan fingerprint density at radius 2 is 1.23 bits per heavy atom. The molecule has 1 saturated heterocycles. The first-order valence-corrected chi connectivity index (χ1v) is 11.5. The minimum atomic E-state index is -0.312. The first-order valence-electron chi connectivity index (χ1n) is 11.5. The molecule has 1 aliphatic heterocycles. The Balaban J connectivity index is 1.27. The molecule has 7 heteroatoms. The van der Waals surface area contributed by atoms with Crippen LogP contribution in [0.1, 0.15) is 38.0 Å². The Hall–Kier alpha value is -4.26. The van der Waals surface area contributed by atoms with E-state index in [-0.39, 0.29) is 30.0 Å². The van der Waals surface area contributed by atoms with E-state index >= 15 is 0 Å². The molecule has 0 spiro atoms. The van der Waals surface area contributed by atoms with Gasteiger partial charge in [0.05, 0.1) is 12.1 Å². The lowest BCUT2D eigenvalue weighted by molar-refractivity contribution is -0.131. The summed E-state index contributed by atoms with van der Waals surface area (Å²) < 4.78 is 0. The van der Waals surface area contributed by atoms with Gasteiger partial charge in [0.2, 0.25) is 5.91 Å². The number of hydrogen-bond acceptors (Lipinski definition) is 4. The summed E-state index contributed by atoms with van der Waals surface area (Å²) in [6.45, 7) is 2.80. The maximum absolute atomic E-state index is 12.9. The van der Waals surface area contributed by atoms with Gasteiger partial charge in [0.1, 0.15) is 0 Å². The molecule has 0 unspecified atom stereocenters. The lowest BCUT2D eigenvalue weighted by atomic mass is 10.0.